The Morgan fingerprint density at radius 1 is 1.10 bits per heavy atom. The molecule has 3 rings (SSSR count). The monoisotopic (exact) mass is 300 g/mol. The summed E-state index contributed by atoms with van der Waals surface area (Å²) in [7, 11) is 0. The molecule has 1 heterocycles. The summed E-state index contributed by atoms with van der Waals surface area (Å²) in [5.41, 5.74) is 7.54. The van der Waals surface area contributed by atoms with Crippen LogP contribution in [0.15, 0.2) is 46.2 Å². The smallest absolute Gasteiger partial charge is 0.162 e. The number of nitrogens with one attached hydrogen (secondary N) is 1. The van der Waals surface area contributed by atoms with E-state index >= 15 is 0 Å². The van der Waals surface area contributed by atoms with E-state index in [-0.39, 0.29) is 5.84 Å². The summed E-state index contributed by atoms with van der Waals surface area (Å²) in [6, 6.07) is 11.8. The molecule has 0 aromatic heterocycles. The fraction of sp³-hybridized carbons (Fsp3) is 0.188. The predicted molar refractivity (Wildman–Crippen MR) is 83.8 cm³/mol. The molecule has 5 heteroatoms. The number of benzene rings is 2. The van der Waals surface area contributed by atoms with Gasteiger partial charge in [-0.2, -0.15) is 0 Å². The molecule has 108 valence electrons. The van der Waals surface area contributed by atoms with Crippen LogP contribution in [-0.2, 0) is 0 Å². The molecule has 21 heavy (non-hydrogen) atoms. The maximum absolute atomic E-state index is 7.68. The molecule has 0 saturated carbocycles. The number of ether oxygens (including phenoxy) is 2. The third-order valence-corrected chi connectivity index (χ3v) is 4.22. The van der Waals surface area contributed by atoms with Gasteiger partial charge in [0.2, 0.25) is 0 Å². The quantitative estimate of drug-likeness (QED) is 0.674. The van der Waals surface area contributed by atoms with Gasteiger partial charge in [0.15, 0.2) is 11.5 Å². The zero-order chi connectivity index (χ0) is 14.8. The number of amidine groups is 1. The second-order valence-corrected chi connectivity index (χ2v) is 5.94. The third-order valence-electron chi connectivity index (χ3n) is 3.17. The van der Waals surface area contributed by atoms with Crippen LogP contribution in [0.3, 0.4) is 0 Å². The van der Waals surface area contributed by atoms with Gasteiger partial charge >= 0.3 is 0 Å². The number of nitrogens with two attached hydrogens (primary N) is 1. The third kappa shape index (κ3) is 2.97. The number of nitrogen functional groups attached to an aromatic ring is 1. The van der Waals surface area contributed by atoms with Gasteiger partial charge in [0.05, 0.1) is 0 Å². The SMILES string of the molecule is Cc1ccc(C(=N)N)c(Sc2ccc3c(c2)OCCO3)c1. The van der Waals surface area contributed by atoms with Crippen molar-refractivity contribution in [3.05, 3.63) is 47.5 Å². The topological polar surface area (TPSA) is 68.3 Å². The highest BCUT2D eigenvalue weighted by Crippen LogP contribution is 2.38. The Kier molecular flexibility index (Phi) is 3.75. The maximum atomic E-state index is 7.68. The van der Waals surface area contributed by atoms with Gasteiger partial charge in [-0.1, -0.05) is 17.8 Å². The summed E-state index contributed by atoms with van der Waals surface area (Å²) in [4.78, 5) is 2.01. The minimum Gasteiger partial charge on any atom is -0.486 e. The van der Waals surface area contributed by atoms with Crippen molar-refractivity contribution in [3.63, 3.8) is 0 Å². The van der Waals surface area contributed by atoms with Crippen molar-refractivity contribution < 1.29 is 9.47 Å². The average molecular weight is 300 g/mol. The van der Waals surface area contributed by atoms with Crippen molar-refractivity contribution in [1.82, 2.24) is 0 Å². The van der Waals surface area contributed by atoms with Crippen LogP contribution in [0.5, 0.6) is 11.5 Å². The summed E-state index contributed by atoms with van der Waals surface area (Å²) < 4.78 is 11.1. The molecule has 1 aliphatic rings. The van der Waals surface area contributed by atoms with Crippen LogP contribution in [0.25, 0.3) is 0 Å². The standard InChI is InChI=1S/C16H16N2O2S/c1-10-2-4-12(16(17)18)15(8-10)21-11-3-5-13-14(9-11)20-7-6-19-13/h2-5,8-9H,6-7H2,1H3,(H3,17,18). The van der Waals surface area contributed by atoms with Crippen LogP contribution in [0.4, 0.5) is 0 Å². The molecule has 2 aromatic carbocycles. The second-order valence-electron chi connectivity index (χ2n) is 4.82. The average Bonchev–Trinajstić information content (AvgIpc) is 2.47. The van der Waals surface area contributed by atoms with Crippen LogP contribution >= 0.6 is 11.8 Å². The molecule has 0 bridgehead atoms. The van der Waals surface area contributed by atoms with Crippen molar-refractivity contribution in [2.45, 2.75) is 16.7 Å². The molecular weight excluding hydrogens is 284 g/mol. The van der Waals surface area contributed by atoms with E-state index in [4.69, 9.17) is 20.6 Å². The highest BCUT2D eigenvalue weighted by atomic mass is 32.2. The molecule has 0 unspecified atom stereocenters. The fourth-order valence-corrected chi connectivity index (χ4v) is 3.24. The largest absolute Gasteiger partial charge is 0.486 e. The van der Waals surface area contributed by atoms with E-state index in [2.05, 4.69) is 0 Å². The number of aryl methyl sites for hydroxylation is 1. The summed E-state index contributed by atoms with van der Waals surface area (Å²) in [5.74, 6) is 1.62. The van der Waals surface area contributed by atoms with Crippen molar-refractivity contribution in [2.24, 2.45) is 5.73 Å². The molecule has 0 atom stereocenters. The first-order valence-electron chi connectivity index (χ1n) is 6.66. The van der Waals surface area contributed by atoms with Gasteiger partial charge in [-0.05, 0) is 42.8 Å². The lowest BCUT2D eigenvalue weighted by molar-refractivity contribution is 0.171. The van der Waals surface area contributed by atoms with Crippen molar-refractivity contribution in [1.29, 1.82) is 5.41 Å². The van der Waals surface area contributed by atoms with Gasteiger partial charge in [0, 0.05) is 15.4 Å². The zero-order valence-corrected chi connectivity index (χ0v) is 12.5. The van der Waals surface area contributed by atoms with Crippen molar-refractivity contribution >= 4 is 17.6 Å². The van der Waals surface area contributed by atoms with Gasteiger partial charge in [0.1, 0.15) is 19.0 Å². The first kappa shape index (κ1) is 13.8. The van der Waals surface area contributed by atoms with Gasteiger partial charge in [-0.25, -0.2) is 0 Å². The molecule has 4 nitrogen and oxygen atoms in total. The predicted octanol–water partition coefficient (Wildman–Crippen LogP) is 3.20. The van der Waals surface area contributed by atoms with E-state index in [9.17, 15) is 0 Å². The molecular formula is C16H16N2O2S. The number of hydrogen-bond acceptors (Lipinski definition) is 4. The Labute approximate surface area is 127 Å². The van der Waals surface area contributed by atoms with Gasteiger partial charge in [-0.3, -0.25) is 5.41 Å². The van der Waals surface area contributed by atoms with E-state index < -0.39 is 0 Å². The van der Waals surface area contributed by atoms with Crippen LogP contribution in [0.1, 0.15) is 11.1 Å². The van der Waals surface area contributed by atoms with Crippen molar-refractivity contribution in [2.75, 3.05) is 13.2 Å². The normalized spacial score (nSPS) is 13.0. The van der Waals surface area contributed by atoms with E-state index in [1.807, 2.05) is 43.3 Å². The number of hydrogen-bond donors (Lipinski definition) is 2. The van der Waals surface area contributed by atoms with E-state index in [0.29, 0.717) is 13.2 Å². The zero-order valence-electron chi connectivity index (χ0n) is 11.7. The van der Waals surface area contributed by atoms with Crippen LogP contribution in [-0.4, -0.2) is 19.0 Å². The summed E-state index contributed by atoms with van der Waals surface area (Å²) in [5, 5.41) is 7.68. The second kappa shape index (κ2) is 5.69. The lowest BCUT2D eigenvalue weighted by Crippen LogP contribution is -2.15. The van der Waals surface area contributed by atoms with Crippen molar-refractivity contribution in [3.8, 4) is 11.5 Å². The van der Waals surface area contributed by atoms with Crippen LogP contribution in [0, 0.1) is 12.3 Å². The number of fused-ring (bicyclic) bond motifs is 1. The highest BCUT2D eigenvalue weighted by Gasteiger charge is 2.13. The molecule has 0 spiro atoms. The summed E-state index contributed by atoms with van der Waals surface area (Å²) in [6.45, 7) is 3.19. The minimum atomic E-state index is 0.0787. The molecule has 0 aliphatic carbocycles. The maximum Gasteiger partial charge on any atom is 0.162 e. The molecule has 0 amide bonds. The molecule has 1 aliphatic heterocycles. The lowest BCUT2D eigenvalue weighted by atomic mass is 10.1. The number of rotatable bonds is 3. The van der Waals surface area contributed by atoms with Gasteiger partial charge in [-0.15, -0.1) is 0 Å². The minimum absolute atomic E-state index is 0.0787. The Balaban J connectivity index is 1.93. The Morgan fingerprint density at radius 2 is 1.86 bits per heavy atom. The van der Waals surface area contributed by atoms with E-state index in [1.165, 1.54) is 0 Å². The Bertz CT molecular complexity index is 701. The highest BCUT2D eigenvalue weighted by molar-refractivity contribution is 7.99. The van der Waals surface area contributed by atoms with Gasteiger partial charge < -0.3 is 15.2 Å². The lowest BCUT2D eigenvalue weighted by Gasteiger charge is -2.19. The molecule has 3 N–H and O–H groups in total. The summed E-state index contributed by atoms with van der Waals surface area (Å²) in [6.07, 6.45) is 0. The first-order valence-corrected chi connectivity index (χ1v) is 7.48. The molecule has 0 radical (unpaired) electrons. The molecule has 2 aromatic rings. The Morgan fingerprint density at radius 3 is 2.62 bits per heavy atom. The van der Waals surface area contributed by atoms with Crippen LogP contribution in [0.2, 0.25) is 0 Å². The Hall–Kier alpha value is -2.14. The fourth-order valence-electron chi connectivity index (χ4n) is 2.15. The molecule has 0 fully saturated rings. The summed E-state index contributed by atoms with van der Waals surface area (Å²) >= 11 is 1.57. The van der Waals surface area contributed by atoms with E-state index in [1.54, 1.807) is 11.8 Å². The molecule has 0 saturated heterocycles. The van der Waals surface area contributed by atoms with Crippen LogP contribution < -0.4 is 15.2 Å². The first-order chi connectivity index (χ1) is 10.1. The van der Waals surface area contributed by atoms with E-state index in [0.717, 1.165) is 32.4 Å². The van der Waals surface area contributed by atoms with Gasteiger partial charge in [0.25, 0.3) is 0 Å².